The summed E-state index contributed by atoms with van der Waals surface area (Å²) in [5.74, 6) is -0.842. The van der Waals surface area contributed by atoms with Crippen LogP contribution in [0.4, 0.5) is 0 Å². The van der Waals surface area contributed by atoms with Crippen LogP contribution in [0.5, 0.6) is 0 Å². The molecule has 0 aromatic rings. The van der Waals surface area contributed by atoms with E-state index in [9.17, 15) is 14.3 Å². The largest absolute Gasteiger partial charge is 0.481 e. The summed E-state index contributed by atoms with van der Waals surface area (Å²) in [6.07, 6.45) is 24.6. The van der Waals surface area contributed by atoms with Crippen LogP contribution >= 0.6 is 7.82 Å². The lowest BCUT2D eigenvalue weighted by atomic mass is 10.0. The molecule has 0 aliphatic heterocycles. The predicted molar refractivity (Wildman–Crippen MR) is 162 cm³/mol. The van der Waals surface area contributed by atoms with Crippen molar-refractivity contribution in [1.82, 2.24) is 0 Å². The van der Waals surface area contributed by atoms with E-state index in [0.717, 1.165) is 12.8 Å². The van der Waals surface area contributed by atoms with Crippen LogP contribution in [0.15, 0.2) is 0 Å². The maximum Gasteiger partial charge on any atom is 0.472 e. The summed E-state index contributed by atoms with van der Waals surface area (Å²) in [6.45, 7) is 3.30. The van der Waals surface area contributed by atoms with Crippen LogP contribution in [0.1, 0.15) is 142 Å². The molecule has 0 aliphatic rings. The zero-order chi connectivity index (χ0) is 29.6. The van der Waals surface area contributed by atoms with E-state index in [4.69, 9.17) is 29.4 Å². The number of carbonyl (C=O) groups is 1. The number of hydrogen-bond acceptors (Lipinski definition) is 7. The van der Waals surface area contributed by atoms with Crippen molar-refractivity contribution in [1.29, 1.82) is 0 Å². The second-order valence-electron chi connectivity index (χ2n) is 10.8. The Morgan fingerprint density at radius 1 is 0.675 bits per heavy atom. The van der Waals surface area contributed by atoms with Gasteiger partial charge < -0.3 is 25.2 Å². The number of carboxylic acids is 1. The first kappa shape index (κ1) is 39.5. The Balaban J connectivity index is 3.73. The Bertz CT molecular complexity index is 596. The number of nitrogens with two attached hydrogens (primary N) is 1. The Hall–Kier alpha value is -0.540. The van der Waals surface area contributed by atoms with Gasteiger partial charge in [-0.05, 0) is 19.3 Å². The van der Waals surface area contributed by atoms with E-state index in [1.54, 1.807) is 0 Å². The standard InChI is InChI=1S/C30H62NO8P/c1-2-3-4-5-6-7-8-9-10-11-12-13-14-15-16-17-18-20-24-36-27-29(37-25-21-19-22-30(32)33)28-39-40(34,35)38-26-23-31/h29H,2-28,31H2,1H3,(H,32,33)(H,34,35)/t29-/m1/s1. The van der Waals surface area contributed by atoms with Gasteiger partial charge >= 0.3 is 13.8 Å². The molecule has 0 aliphatic carbocycles. The zero-order valence-corrected chi connectivity index (χ0v) is 26.4. The van der Waals surface area contributed by atoms with Crippen molar-refractivity contribution in [3.8, 4) is 0 Å². The van der Waals surface area contributed by atoms with Gasteiger partial charge in [0.15, 0.2) is 0 Å². The van der Waals surface area contributed by atoms with Crippen molar-refractivity contribution >= 4 is 13.8 Å². The van der Waals surface area contributed by atoms with Crippen molar-refractivity contribution in [3.63, 3.8) is 0 Å². The molecule has 0 radical (unpaired) electrons. The molecule has 0 rings (SSSR count). The molecule has 10 heteroatoms. The number of phosphoric ester groups is 1. The summed E-state index contributed by atoms with van der Waals surface area (Å²) in [5.41, 5.74) is 5.29. The third kappa shape index (κ3) is 30.4. The van der Waals surface area contributed by atoms with Gasteiger partial charge in [-0.25, -0.2) is 4.57 Å². The first-order valence-electron chi connectivity index (χ1n) is 16.1. The Labute approximate surface area is 244 Å². The van der Waals surface area contributed by atoms with Gasteiger partial charge in [-0.2, -0.15) is 0 Å². The van der Waals surface area contributed by atoms with E-state index in [0.29, 0.717) is 26.1 Å². The van der Waals surface area contributed by atoms with Crippen LogP contribution in [-0.2, 0) is 27.9 Å². The molecule has 0 bridgehead atoms. The van der Waals surface area contributed by atoms with Crippen LogP contribution < -0.4 is 5.73 Å². The number of phosphoric acid groups is 1. The van der Waals surface area contributed by atoms with Gasteiger partial charge in [-0.15, -0.1) is 0 Å². The zero-order valence-electron chi connectivity index (χ0n) is 25.5. The summed E-state index contributed by atoms with van der Waals surface area (Å²) in [6, 6.07) is 0. The molecule has 0 heterocycles. The second kappa shape index (κ2) is 29.9. The third-order valence-electron chi connectivity index (χ3n) is 6.88. The van der Waals surface area contributed by atoms with E-state index in [1.165, 1.54) is 103 Å². The number of unbranched alkanes of at least 4 members (excludes halogenated alkanes) is 18. The summed E-state index contributed by atoms with van der Waals surface area (Å²) in [5, 5.41) is 8.74. The lowest BCUT2D eigenvalue weighted by molar-refractivity contribution is -0.137. The van der Waals surface area contributed by atoms with Gasteiger partial charge in [0.2, 0.25) is 0 Å². The van der Waals surface area contributed by atoms with Gasteiger partial charge in [-0.1, -0.05) is 116 Å². The van der Waals surface area contributed by atoms with E-state index >= 15 is 0 Å². The minimum absolute atomic E-state index is 0.0790. The van der Waals surface area contributed by atoms with E-state index < -0.39 is 19.9 Å². The molecule has 0 spiro atoms. The fourth-order valence-corrected chi connectivity index (χ4v) is 5.24. The van der Waals surface area contributed by atoms with Gasteiger partial charge in [0.25, 0.3) is 0 Å². The van der Waals surface area contributed by atoms with Gasteiger partial charge in [-0.3, -0.25) is 13.8 Å². The highest BCUT2D eigenvalue weighted by Crippen LogP contribution is 2.43. The second-order valence-corrected chi connectivity index (χ2v) is 12.3. The molecule has 40 heavy (non-hydrogen) atoms. The molecule has 4 N–H and O–H groups in total. The molecule has 0 fully saturated rings. The van der Waals surface area contributed by atoms with Gasteiger partial charge in [0, 0.05) is 26.2 Å². The Morgan fingerprint density at radius 3 is 1.62 bits per heavy atom. The van der Waals surface area contributed by atoms with Gasteiger partial charge in [0.1, 0.15) is 6.10 Å². The molecule has 0 aromatic carbocycles. The van der Waals surface area contributed by atoms with Crippen molar-refractivity contribution < 1.29 is 37.9 Å². The first-order chi connectivity index (χ1) is 19.4. The van der Waals surface area contributed by atoms with E-state index in [-0.39, 0.29) is 32.8 Å². The summed E-state index contributed by atoms with van der Waals surface area (Å²) >= 11 is 0. The van der Waals surface area contributed by atoms with Crippen molar-refractivity contribution in [2.24, 2.45) is 5.73 Å². The third-order valence-corrected chi connectivity index (χ3v) is 7.86. The molecule has 240 valence electrons. The van der Waals surface area contributed by atoms with Crippen LogP contribution in [-0.4, -0.2) is 61.7 Å². The predicted octanol–water partition coefficient (Wildman–Crippen LogP) is 7.78. The van der Waals surface area contributed by atoms with Crippen LogP contribution in [0, 0.1) is 0 Å². The fourth-order valence-electron chi connectivity index (χ4n) is 4.48. The minimum atomic E-state index is -4.19. The van der Waals surface area contributed by atoms with E-state index in [2.05, 4.69) is 6.92 Å². The molecule has 2 atom stereocenters. The topological polar surface area (TPSA) is 138 Å². The Morgan fingerprint density at radius 2 is 1.15 bits per heavy atom. The molecule has 0 saturated heterocycles. The Kier molecular flexibility index (Phi) is 29.5. The van der Waals surface area contributed by atoms with Gasteiger partial charge in [0.05, 0.1) is 19.8 Å². The maximum atomic E-state index is 11.9. The highest BCUT2D eigenvalue weighted by molar-refractivity contribution is 7.47. The molecule has 1 unspecified atom stereocenters. The number of ether oxygens (including phenoxy) is 2. The number of carboxylic acid groups (broad SMARTS) is 1. The summed E-state index contributed by atoms with van der Waals surface area (Å²) in [4.78, 5) is 20.3. The average Bonchev–Trinajstić information content (AvgIpc) is 2.93. The van der Waals surface area contributed by atoms with Crippen molar-refractivity contribution in [2.75, 3.05) is 39.6 Å². The summed E-state index contributed by atoms with van der Waals surface area (Å²) < 4.78 is 33.1. The minimum Gasteiger partial charge on any atom is -0.481 e. The first-order valence-corrected chi connectivity index (χ1v) is 17.6. The highest BCUT2D eigenvalue weighted by Gasteiger charge is 2.23. The van der Waals surface area contributed by atoms with Crippen LogP contribution in [0.2, 0.25) is 0 Å². The maximum absolute atomic E-state index is 11.9. The summed E-state index contributed by atoms with van der Waals surface area (Å²) in [7, 11) is -4.19. The highest BCUT2D eigenvalue weighted by atomic mass is 31.2. The lowest BCUT2D eigenvalue weighted by Gasteiger charge is -2.20. The molecule has 0 saturated carbocycles. The molecule has 0 amide bonds. The number of aliphatic carboxylic acids is 1. The van der Waals surface area contributed by atoms with Crippen LogP contribution in [0.3, 0.4) is 0 Å². The molecule has 0 aromatic heterocycles. The monoisotopic (exact) mass is 595 g/mol. The number of rotatable bonds is 33. The van der Waals surface area contributed by atoms with Crippen molar-refractivity contribution in [3.05, 3.63) is 0 Å². The fraction of sp³-hybridized carbons (Fsp3) is 0.967. The quantitative estimate of drug-likeness (QED) is 0.0513. The average molecular weight is 596 g/mol. The smallest absolute Gasteiger partial charge is 0.472 e. The molecular weight excluding hydrogens is 533 g/mol. The molecule has 9 nitrogen and oxygen atoms in total. The van der Waals surface area contributed by atoms with E-state index in [1.807, 2.05) is 0 Å². The normalized spacial score (nSPS) is 13.9. The number of hydrogen-bond donors (Lipinski definition) is 3. The lowest BCUT2D eigenvalue weighted by Crippen LogP contribution is -2.26. The van der Waals surface area contributed by atoms with Crippen molar-refractivity contribution in [2.45, 2.75) is 148 Å². The molecular formula is C30H62NO8P. The van der Waals surface area contributed by atoms with Crippen LogP contribution in [0.25, 0.3) is 0 Å². The SMILES string of the molecule is CCCCCCCCCCCCCCCCCCCCOC[C@H](COP(=O)(O)OCCN)OCCCCC(=O)O.